The van der Waals surface area contributed by atoms with Gasteiger partial charge in [-0.25, -0.2) is 13.8 Å². The van der Waals surface area contributed by atoms with Gasteiger partial charge in [0.25, 0.3) is 5.92 Å². The third-order valence-corrected chi connectivity index (χ3v) is 9.13. The van der Waals surface area contributed by atoms with Gasteiger partial charge < -0.3 is 19.6 Å². The third kappa shape index (κ3) is 6.22. The van der Waals surface area contributed by atoms with Gasteiger partial charge in [-0.3, -0.25) is 9.59 Å². The molecular weight excluding hydrogens is 548 g/mol. The number of carboxylic acids is 1. The fourth-order valence-corrected chi connectivity index (χ4v) is 6.80. The van der Waals surface area contributed by atoms with Crippen LogP contribution in [0.1, 0.15) is 32.3 Å². The second-order valence-electron chi connectivity index (χ2n) is 11.5. The summed E-state index contributed by atoms with van der Waals surface area (Å²) < 4.78 is 32.6. The number of aryl methyl sites for hydroxylation is 1. The lowest BCUT2D eigenvalue weighted by Gasteiger charge is -2.38. The molecule has 3 atom stereocenters. The van der Waals surface area contributed by atoms with E-state index < -0.39 is 30.9 Å². The lowest BCUT2D eigenvalue weighted by Crippen LogP contribution is -2.58. The summed E-state index contributed by atoms with van der Waals surface area (Å²) in [6, 6.07) is 5.91. The zero-order chi connectivity index (χ0) is 29.5. The first-order chi connectivity index (χ1) is 19.4. The Labute approximate surface area is 242 Å². The molecular formula is C31H35F2N3O4S. The minimum atomic E-state index is -2.80. The van der Waals surface area contributed by atoms with Crippen molar-refractivity contribution in [1.82, 2.24) is 9.88 Å². The molecule has 2 aliphatic heterocycles. The number of carbonyl (C=O) groups excluding carboxylic acids is 1. The lowest BCUT2D eigenvalue weighted by molar-refractivity contribution is -0.161. The second-order valence-corrected chi connectivity index (χ2v) is 12.3. The number of aliphatic carboxylic acids is 1. The lowest BCUT2D eigenvalue weighted by atomic mass is 9.85. The molecule has 1 amide bonds. The van der Waals surface area contributed by atoms with Crippen LogP contribution in [0.5, 0.6) is 5.75 Å². The van der Waals surface area contributed by atoms with Crippen molar-refractivity contribution < 1.29 is 28.2 Å². The van der Waals surface area contributed by atoms with Crippen LogP contribution in [0.25, 0.3) is 11.3 Å². The Morgan fingerprint density at radius 2 is 1.88 bits per heavy atom. The number of amides is 1. The van der Waals surface area contributed by atoms with Crippen LogP contribution >= 0.6 is 11.3 Å². The van der Waals surface area contributed by atoms with Crippen molar-refractivity contribution in [3.8, 4) is 17.0 Å². The number of likely N-dealkylation sites (tertiary alicyclic amines) is 1. The van der Waals surface area contributed by atoms with Gasteiger partial charge in [0.2, 0.25) is 5.91 Å². The number of anilines is 1. The van der Waals surface area contributed by atoms with Crippen LogP contribution in [0.2, 0.25) is 0 Å². The number of carboxylic acid groups (broad SMARTS) is 1. The number of rotatable bonds is 9. The van der Waals surface area contributed by atoms with Crippen LogP contribution in [0, 0.1) is 24.7 Å². The Kier molecular flexibility index (Phi) is 8.05. The highest BCUT2D eigenvalue weighted by molar-refractivity contribution is 7.14. The average molecular weight is 584 g/mol. The van der Waals surface area contributed by atoms with E-state index in [9.17, 15) is 23.5 Å². The number of hydrogen-bond acceptors (Lipinski definition) is 6. The molecule has 1 aromatic carbocycles. The van der Waals surface area contributed by atoms with Crippen LogP contribution in [-0.2, 0) is 9.59 Å². The van der Waals surface area contributed by atoms with Gasteiger partial charge >= 0.3 is 5.97 Å². The molecule has 7 nitrogen and oxygen atoms in total. The Morgan fingerprint density at radius 1 is 1.20 bits per heavy atom. The van der Waals surface area contributed by atoms with E-state index in [1.165, 1.54) is 0 Å². The van der Waals surface area contributed by atoms with Crippen LogP contribution in [0.3, 0.4) is 0 Å². The first-order valence-electron chi connectivity index (χ1n) is 13.8. The van der Waals surface area contributed by atoms with Crippen molar-refractivity contribution in [3.05, 3.63) is 64.6 Å². The van der Waals surface area contributed by atoms with Crippen LogP contribution in [0.4, 0.5) is 13.9 Å². The Bertz CT molecular complexity index is 1410. The summed E-state index contributed by atoms with van der Waals surface area (Å²) in [5, 5.41) is 12.5. The van der Waals surface area contributed by atoms with E-state index in [1.54, 1.807) is 30.4 Å². The minimum Gasteiger partial charge on any atom is -0.488 e. The number of alkyl halides is 2. The number of fused-ring (bicyclic) bond motifs is 2. The van der Waals surface area contributed by atoms with E-state index in [-0.39, 0.29) is 24.4 Å². The molecule has 2 saturated heterocycles. The van der Waals surface area contributed by atoms with Crippen molar-refractivity contribution in [1.29, 1.82) is 0 Å². The largest absolute Gasteiger partial charge is 0.488 e. The molecule has 10 heteroatoms. The summed E-state index contributed by atoms with van der Waals surface area (Å²) in [7, 11) is 0. The highest BCUT2D eigenvalue weighted by atomic mass is 32.1. The zero-order valence-electron chi connectivity index (χ0n) is 23.5. The SMILES string of the molecule is C=C(C)/C(=C\C=C(/C)C(=O)N1CC(F)(F)C1)COc1ccc(C)cc1-c1csc(N2C[C@H]3CC[C@@H](C2)[C@H]3C(=O)O)n1. The summed E-state index contributed by atoms with van der Waals surface area (Å²) in [5.74, 6) is -3.18. The molecule has 41 heavy (non-hydrogen) atoms. The van der Waals surface area contributed by atoms with Gasteiger partial charge in [-0.05, 0) is 63.2 Å². The van der Waals surface area contributed by atoms with Crippen molar-refractivity contribution in [2.24, 2.45) is 17.8 Å². The minimum absolute atomic E-state index is 0.156. The predicted octanol–water partition coefficient (Wildman–Crippen LogP) is 5.97. The van der Waals surface area contributed by atoms with Crippen LogP contribution in [0.15, 0.2) is 59.0 Å². The maximum atomic E-state index is 13.2. The maximum absolute atomic E-state index is 13.2. The molecule has 5 rings (SSSR count). The topological polar surface area (TPSA) is 83.0 Å². The van der Waals surface area contributed by atoms with E-state index in [0.717, 1.165) is 50.8 Å². The summed E-state index contributed by atoms with van der Waals surface area (Å²) >= 11 is 1.55. The van der Waals surface area contributed by atoms with Gasteiger partial charge in [-0.2, -0.15) is 0 Å². The van der Waals surface area contributed by atoms with Crippen LogP contribution < -0.4 is 9.64 Å². The molecule has 2 bridgehead atoms. The molecule has 3 aliphatic rings. The van der Waals surface area contributed by atoms with E-state index in [4.69, 9.17) is 9.72 Å². The molecule has 0 unspecified atom stereocenters. The molecule has 1 N–H and O–H groups in total. The molecule has 0 radical (unpaired) electrons. The third-order valence-electron chi connectivity index (χ3n) is 8.23. The fourth-order valence-electron chi connectivity index (χ4n) is 5.96. The monoisotopic (exact) mass is 583 g/mol. The van der Waals surface area contributed by atoms with E-state index in [1.807, 2.05) is 37.4 Å². The second kappa shape index (κ2) is 11.4. The molecule has 0 spiro atoms. The predicted molar refractivity (Wildman–Crippen MR) is 156 cm³/mol. The molecule has 1 aliphatic carbocycles. The number of hydrogen-bond donors (Lipinski definition) is 1. The summed E-state index contributed by atoms with van der Waals surface area (Å²) in [4.78, 5) is 32.4. The van der Waals surface area contributed by atoms with Gasteiger partial charge in [-0.15, -0.1) is 11.3 Å². The molecule has 2 aromatic rings. The molecule has 218 valence electrons. The molecule has 3 fully saturated rings. The van der Waals surface area contributed by atoms with Crippen molar-refractivity contribution >= 4 is 28.3 Å². The Morgan fingerprint density at radius 3 is 2.49 bits per heavy atom. The summed E-state index contributed by atoms with van der Waals surface area (Å²) in [6.07, 6.45) is 5.26. The van der Waals surface area contributed by atoms with E-state index in [0.29, 0.717) is 24.4 Å². The van der Waals surface area contributed by atoms with E-state index >= 15 is 0 Å². The number of nitrogens with zero attached hydrogens (tertiary/aromatic N) is 3. The highest BCUT2D eigenvalue weighted by Gasteiger charge is 2.47. The average Bonchev–Trinajstić information content (AvgIpc) is 3.49. The van der Waals surface area contributed by atoms with Gasteiger partial charge in [0.1, 0.15) is 12.4 Å². The van der Waals surface area contributed by atoms with Gasteiger partial charge in [0.05, 0.1) is 24.7 Å². The Hall–Kier alpha value is -3.53. The first kappa shape index (κ1) is 29.0. The zero-order valence-corrected chi connectivity index (χ0v) is 24.3. The smallest absolute Gasteiger partial charge is 0.307 e. The van der Waals surface area contributed by atoms with Crippen molar-refractivity contribution in [2.75, 3.05) is 37.7 Å². The molecule has 1 saturated carbocycles. The first-order valence-corrected chi connectivity index (χ1v) is 14.7. The Balaban J connectivity index is 1.29. The molecule has 1 aromatic heterocycles. The number of allylic oxidation sites excluding steroid dienone is 2. The van der Waals surface area contributed by atoms with Crippen LogP contribution in [-0.4, -0.2) is 65.6 Å². The maximum Gasteiger partial charge on any atom is 0.307 e. The number of halogens is 2. The number of carbonyl (C=O) groups is 2. The van der Waals surface area contributed by atoms with Crippen molar-refractivity contribution in [3.63, 3.8) is 0 Å². The number of aromatic nitrogens is 1. The summed E-state index contributed by atoms with van der Waals surface area (Å²) in [6.45, 7) is 10.0. The number of piperidine rings is 1. The number of ether oxygens (including phenoxy) is 1. The summed E-state index contributed by atoms with van der Waals surface area (Å²) in [5.41, 5.74) is 4.62. The quantitative estimate of drug-likeness (QED) is 0.289. The highest BCUT2D eigenvalue weighted by Crippen LogP contribution is 2.44. The fraction of sp³-hybridized carbons (Fsp3) is 0.452. The number of thiazole rings is 1. The molecule has 3 heterocycles. The standard InChI is InChI=1S/C31H35F2N3O4S/c1-18(2)23(7-6-20(4)28(37)36-16-31(32,33)17-36)14-40-26-10-5-19(3)11-24(26)25-15-41-30(34-25)35-12-21-8-9-22(13-35)27(21)29(38)39/h5-7,10-11,15,21-22,27H,1,8-9,12-14,16-17H2,2-4H3,(H,38,39)/b20-6+,23-7-/t21-,22+,27+. The van der Waals surface area contributed by atoms with Gasteiger partial charge in [0, 0.05) is 29.6 Å². The number of benzene rings is 1. The van der Waals surface area contributed by atoms with Gasteiger partial charge in [0.15, 0.2) is 5.13 Å². The van der Waals surface area contributed by atoms with Gasteiger partial charge in [-0.1, -0.05) is 35.9 Å². The van der Waals surface area contributed by atoms with Crippen molar-refractivity contribution in [2.45, 2.75) is 39.5 Å². The van der Waals surface area contributed by atoms with E-state index in [2.05, 4.69) is 11.5 Å². The normalized spacial score (nSPS) is 23.8.